The number of nitrogens with two attached hydrogens (primary N) is 1. The van der Waals surface area contributed by atoms with Gasteiger partial charge in [-0.15, -0.1) is 0 Å². The molecule has 0 aliphatic heterocycles. The van der Waals surface area contributed by atoms with Crippen molar-refractivity contribution in [2.24, 2.45) is 11.0 Å². The molecule has 4 rings (SSSR count). The summed E-state index contributed by atoms with van der Waals surface area (Å²) < 4.78 is 1.41. The summed E-state index contributed by atoms with van der Waals surface area (Å²) in [6.07, 6.45) is 1.54. The molecule has 0 saturated heterocycles. The molecule has 0 aliphatic carbocycles. The van der Waals surface area contributed by atoms with Gasteiger partial charge in [0.2, 0.25) is 0 Å². The lowest BCUT2D eigenvalue weighted by Crippen LogP contribution is -2.28. The van der Waals surface area contributed by atoms with Crippen LogP contribution in [-0.2, 0) is 0 Å². The molecule has 8 heteroatoms. The van der Waals surface area contributed by atoms with E-state index in [1.807, 2.05) is 38.1 Å². The van der Waals surface area contributed by atoms with Crippen molar-refractivity contribution < 1.29 is 9.90 Å². The number of phenols is 1. The second kappa shape index (κ2) is 7.82. The fraction of sp³-hybridized carbons (Fsp3) is 0.182. The van der Waals surface area contributed by atoms with E-state index in [9.17, 15) is 9.90 Å². The van der Waals surface area contributed by atoms with E-state index in [0.29, 0.717) is 40.2 Å². The van der Waals surface area contributed by atoms with Gasteiger partial charge in [0.05, 0.1) is 17.2 Å². The lowest BCUT2D eigenvalue weighted by Gasteiger charge is -2.07. The predicted octanol–water partition coefficient (Wildman–Crippen LogP) is 3.14. The van der Waals surface area contributed by atoms with Crippen LogP contribution in [0.4, 0.5) is 5.82 Å². The van der Waals surface area contributed by atoms with Crippen LogP contribution in [0.5, 0.6) is 5.75 Å². The Hall–Kier alpha value is -3.94. The van der Waals surface area contributed by atoms with Gasteiger partial charge in [-0.05, 0) is 35.7 Å². The van der Waals surface area contributed by atoms with Crippen LogP contribution in [0.2, 0.25) is 0 Å². The number of anilines is 1. The van der Waals surface area contributed by atoms with Crippen molar-refractivity contribution in [3.8, 4) is 5.75 Å². The van der Waals surface area contributed by atoms with Gasteiger partial charge >= 0.3 is 0 Å². The second-order valence-corrected chi connectivity index (χ2v) is 7.40. The van der Waals surface area contributed by atoms with E-state index in [1.54, 1.807) is 30.5 Å². The van der Waals surface area contributed by atoms with Crippen molar-refractivity contribution in [3.63, 3.8) is 0 Å². The molecule has 0 atom stereocenters. The molecule has 2 aromatic heterocycles. The van der Waals surface area contributed by atoms with Gasteiger partial charge in [0.15, 0.2) is 5.65 Å². The van der Waals surface area contributed by atoms with Crippen molar-refractivity contribution in [3.05, 3.63) is 59.7 Å². The van der Waals surface area contributed by atoms with Crippen LogP contribution in [-0.4, -0.2) is 38.4 Å². The van der Waals surface area contributed by atoms with E-state index in [4.69, 9.17) is 5.73 Å². The molecular weight excluding hydrogens is 380 g/mol. The summed E-state index contributed by atoms with van der Waals surface area (Å²) in [6, 6.07) is 14.1. The van der Waals surface area contributed by atoms with Crippen LogP contribution in [0, 0.1) is 5.92 Å². The summed E-state index contributed by atoms with van der Waals surface area (Å²) in [5.74, 6) is 0.253. The Morgan fingerprint density at radius 1 is 1.20 bits per heavy atom. The van der Waals surface area contributed by atoms with Crippen molar-refractivity contribution in [1.29, 1.82) is 0 Å². The minimum atomic E-state index is -0.318. The molecule has 4 N–H and O–H groups in total. The molecule has 0 spiro atoms. The third kappa shape index (κ3) is 3.67. The van der Waals surface area contributed by atoms with Crippen molar-refractivity contribution >= 4 is 40.1 Å². The van der Waals surface area contributed by atoms with E-state index >= 15 is 0 Å². The third-order valence-corrected chi connectivity index (χ3v) is 4.56. The number of benzene rings is 2. The minimum absolute atomic E-state index is 0.129. The first-order valence-corrected chi connectivity index (χ1v) is 9.62. The minimum Gasteiger partial charge on any atom is -0.508 e. The number of nitrogens with one attached hydrogen (secondary N) is 1. The largest absolute Gasteiger partial charge is 0.508 e. The highest BCUT2D eigenvalue weighted by Gasteiger charge is 2.24. The topological polar surface area (TPSA) is 118 Å². The monoisotopic (exact) mass is 402 g/mol. The van der Waals surface area contributed by atoms with Crippen LogP contribution >= 0.6 is 0 Å². The summed E-state index contributed by atoms with van der Waals surface area (Å²) in [5, 5.41) is 17.0. The highest BCUT2D eigenvalue weighted by atomic mass is 16.3. The first-order chi connectivity index (χ1) is 14.4. The van der Waals surface area contributed by atoms with Gasteiger partial charge in [0.1, 0.15) is 22.6 Å². The first-order valence-electron chi connectivity index (χ1n) is 9.62. The summed E-state index contributed by atoms with van der Waals surface area (Å²) in [7, 11) is 0. The Morgan fingerprint density at radius 2 is 1.93 bits per heavy atom. The Labute approximate surface area is 173 Å². The highest BCUT2D eigenvalue weighted by Crippen LogP contribution is 2.28. The second-order valence-electron chi connectivity index (χ2n) is 7.40. The van der Waals surface area contributed by atoms with E-state index in [1.165, 1.54) is 4.68 Å². The SMILES string of the molecule is CC(C)CNC(=O)c1c(N)n(N=Cc2cccc(O)c2)c2nc3ccccc3nc12. The van der Waals surface area contributed by atoms with Crippen LogP contribution < -0.4 is 11.1 Å². The van der Waals surface area contributed by atoms with Crippen molar-refractivity contribution in [1.82, 2.24) is 20.0 Å². The zero-order valence-electron chi connectivity index (χ0n) is 16.7. The predicted molar refractivity (Wildman–Crippen MR) is 118 cm³/mol. The lowest BCUT2D eigenvalue weighted by molar-refractivity contribution is 0.0951. The standard InChI is InChI=1S/C22H22N6O2/c1-13(2)11-24-22(30)18-19-21(27-17-9-4-3-8-16(17)26-19)28(20(18)23)25-12-14-6-5-7-15(29)10-14/h3-10,12-13,29H,11,23H2,1-2H3,(H,24,30). The molecule has 0 unspecified atom stereocenters. The van der Waals surface area contributed by atoms with Gasteiger partial charge in [-0.25, -0.2) is 9.97 Å². The summed E-state index contributed by atoms with van der Waals surface area (Å²) in [6.45, 7) is 4.54. The number of aromatic hydroxyl groups is 1. The van der Waals surface area contributed by atoms with Crippen LogP contribution in [0.3, 0.4) is 0 Å². The number of aromatic nitrogens is 3. The van der Waals surface area contributed by atoms with Gasteiger partial charge in [-0.3, -0.25) is 4.79 Å². The quantitative estimate of drug-likeness (QED) is 0.443. The number of amides is 1. The third-order valence-electron chi connectivity index (χ3n) is 4.56. The molecule has 1 amide bonds. The summed E-state index contributed by atoms with van der Waals surface area (Å²) in [4.78, 5) is 22.2. The molecule has 30 heavy (non-hydrogen) atoms. The fourth-order valence-electron chi connectivity index (χ4n) is 3.10. The van der Waals surface area contributed by atoms with Gasteiger partial charge in [0.25, 0.3) is 5.91 Å². The molecule has 152 valence electrons. The molecule has 0 bridgehead atoms. The number of hydrogen-bond donors (Lipinski definition) is 3. The van der Waals surface area contributed by atoms with Gasteiger partial charge in [-0.1, -0.05) is 38.1 Å². The first kappa shape index (κ1) is 19.4. The number of para-hydroxylation sites is 2. The van der Waals surface area contributed by atoms with Gasteiger partial charge in [0, 0.05) is 6.54 Å². The molecule has 2 aromatic carbocycles. The average Bonchev–Trinajstić information content (AvgIpc) is 2.99. The Kier molecular flexibility index (Phi) is 5.05. The van der Waals surface area contributed by atoms with E-state index in [0.717, 1.165) is 0 Å². The fourth-order valence-corrected chi connectivity index (χ4v) is 3.10. The Balaban J connectivity index is 1.89. The van der Waals surface area contributed by atoms with Crippen LogP contribution in [0.15, 0.2) is 53.6 Å². The van der Waals surface area contributed by atoms with Crippen molar-refractivity contribution in [2.75, 3.05) is 12.3 Å². The van der Waals surface area contributed by atoms with E-state index in [-0.39, 0.29) is 23.0 Å². The van der Waals surface area contributed by atoms with Gasteiger partial charge < -0.3 is 16.2 Å². The molecule has 0 fully saturated rings. The smallest absolute Gasteiger partial charge is 0.257 e. The van der Waals surface area contributed by atoms with E-state index in [2.05, 4.69) is 20.4 Å². The number of phenolic OH excluding ortho intramolecular Hbond substituents is 1. The van der Waals surface area contributed by atoms with Crippen LogP contribution in [0.1, 0.15) is 29.8 Å². The number of rotatable bonds is 5. The van der Waals surface area contributed by atoms with Gasteiger partial charge in [-0.2, -0.15) is 9.78 Å². The maximum absolute atomic E-state index is 12.9. The number of hydrogen-bond acceptors (Lipinski definition) is 6. The lowest BCUT2D eigenvalue weighted by atomic mass is 10.2. The molecule has 8 nitrogen and oxygen atoms in total. The van der Waals surface area contributed by atoms with Crippen LogP contribution in [0.25, 0.3) is 22.2 Å². The Morgan fingerprint density at radius 3 is 2.63 bits per heavy atom. The Bertz CT molecular complexity index is 1280. The molecular formula is C22H22N6O2. The molecule has 0 radical (unpaired) electrons. The summed E-state index contributed by atoms with van der Waals surface area (Å²) in [5.41, 5.74) is 9.37. The molecule has 0 saturated carbocycles. The number of fused-ring (bicyclic) bond motifs is 2. The molecule has 0 aliphatic rings. The number of nitrogens with zero attached hydrogens (tertiary/aromatic N) is 4. The highest BCUT2D eigenvalue weighted by molar-refractivity contribution is 6.10. The maximum atomic E-state index is 12.9. The zero-order valence-corrected chi connectivity index (χ0v) is 16.7. The normalized spacial score (nSPS) is 11.7. The number of nitrogen functional groups attached to an aromatic ring is 1. The van der Waals surface area contributed by atoms with Crippen molar-refractivity contribution in [2.45, 2.75) is 13.8 Å². The summed E-state index contributed by atoms with van der Waals surface area (Å²) >= 11 is 0. The zero-order chi connectivity index (χ0) is 21.3. The molecule has 4 aromatic rings. The maximum Gasteiger partial charge on any atom is 0.257 e. The molecule has 2 heterocycles. The average molecular weight is 402 g/mol. The number of carbonyl (C=O) groups excluding carboxylic acids is 1. The van der Waals surface area contributed by atoms with E-state index < -0.39 is 0 Å². The number of carbonyl (C=O) groups is 1.